The predicted molar refractivity (Wildman–Crippen MR) is 106 cm³/mol. The van der Waals surface area contributed by atoms with Gasteiger partial charge < -0.3 is 20.7 Å². The lowest BCUT2D eigenvalue weighted by molar-refractivity contribution is -0.117. The number of ether oxygens (including phenoxy) is 1. The maximum atomic E-state index is 12.6. The van der Waals surface area contributed by atoms with Crippen LogP contribution in [-0.4, -0.2) is 54.0 Å². The summed E-state index contributed by atoms with van der Waals surface area (Å²) in [4.78, 5) is 43.0. The number of carbonyl (C=O) groups is 3. The Kier molecular flexibility index (Phi) is 6.09. The van der Waals surface area contributed by atoms with E-state index in [4.69, 9.17) is 10.5 Å². The highest BCUT2D eigenvalue weighted by atomic mass is 32.1. The van der Waals surface area contributed by atoms with Crippen molar-refractivity contribution in [2.24, 2.45) is 5.73 Å². The first-order chi connectivity index (χ1) is 13.5. The number of nitrogens with zero attached hydrogens (tertiary/aromatic N) is 3. The first-order valence-corrected chi connectivity index (χ1v) is 9.66. The molecule has 148 valence electrons. The Morgan fingerprint density at radius 1 is 1.29 bits per heavy atom. The first kappa shape index (κ1) is 19.6. The topological polar surface area (TPSA) is 118 Å². The number of rotatable bonds is 8. The molecule has 9 nitrogen and oxygen atoms in total. The van der Waals surface area contributed by atoms with Gasteiger partial charge in [-0.3, -0.25) is 14.5 Å². The second kappa shape index (κ2) is 8.70. The Labute approximate surface area is 166 Å². The van der Waals surface area contributed by atoms with Crippen molar-refractivity contribution in [3.63, 3.8) is 0 Å². The van der Waals surface area contributed by atoms with E-state index in [-0.39, 0.29) is 24.9 Å². The van der Waals surface area contributed by atoms with Gasteiger partial charge in [-0.05, 0) is 31.2 Å². The van der Waals surface area contributed by atoms with Crippen LogP contribution in [0, 0.1) is 0 Å². The van der Waals surface area contributed by atoms with Gasteiger partial charge in [0.15, 0.2) is 5.13 Å². The summed E-state index contributed by atoms with van der Waals surface area (Å²) in [5.41, 5.74) is 6.39. The van der Waals surface area contributed by atoms with Crippen molar-refractivity contribution in [1.29, 1.82) is 0 Å². The third-order valence-electron chi connectivity index (χ3n) is 4.04. The van der Waals surface area contributed by atoms with E-state index in [1.54, 1.807) is 10.3 Å². The first-order valence-electron chi connectivity index (χ1n) is 8.78. The molecule has 0 aliphatic carbocycles. The second-order valence-corrected chi connectivity index (χ2v) is 6.98. The van der Waals surface area contributed by atoms with Crippen LogP contribution >= 0.6 is 11.3 Å². The molecule has 3 rings (SSSR count). The largest absolute Gasteiger partial charge is 0.494 e. The lowest BCUT2D eigenvalue weighted by atomic mass is 10.3. The Bertz CT molecular complexity index is 867. The molecule has 10 heteroatoms. The monoisotopic (exact) mass is 403 g/mol. The maximum Gasteiger partial charge on any atom is 0.325 e. The summed E-state index contributed by atoms with van der Waals surface area (Å²) in [5.74, 6) is -0.0876. The summed E-state index contributed by atoms with van der Waals surface area (Å²) in [6.45, 7) is 3.36. The zero-order valence-corrected chi connectivity index (χ0v) is 16.2. The zero-order valence-electron chi connectivity index (χ0n) is 15.4. The van der Waals surface area contributed by atoms with E-state index >= 15 is 0 Å². The molecule has 0 unspecified atom stereocenters. The van der Waals surface area contributed by atoms with Crippen molar-refractivity contribution in [3.8, 4) is 5.75 Å². The fourth-order valence-electron chi connectivity index (χ4n) is 2.81. The number of nitrogens with two attached hydrogens (primary N) is 1. The lowest BCUT2D eigenvalue weighted by Gasteiger charge is -2.18. The lowest BCUT2D eigenvalue weighted by Crippen LogP contribution is -2.37. The number of thiazole rings is 1. The van der Waals surface area contributed by atoms with E-state index in [2.05, 4.69) is 10.3 Å². The average molecular weight is 403 g/mol. The Hall–Kier alpha value is -3.14. The molecular weight excluding hydrogens is 382 g/mol. The molecule has 1 aliphatic rings. The number of urea groups is 1. The van der Waals surface area contributed by atoms with Gasteiger partial charge in [0.25, 0.3) is 0 Å². The molecule has 28 heavy (non-hydrogen) atoms. The standard InChI is InChI=1S/C18H21N5O4S/c1-2-27-14-5-3-13(4-6-14)23-8-7-22(18(23)26)10-16(25)21-17-20-12(11-28-17)9-15(19)24/h3-6,11H,2,7-10H2,1H3,(H2,19,24)(H,20,21,25). The number of nitrogens with one attached hydrogen (secondary N) is 1. The van der Waals surface area contributed by atoms with Crippen LogP contribution in [-0.2, 0) is 16.0 Å². The van der Waals surface area contributed by atoms with Gasteiger partial charge in [-0.1, -0.05) is 0 Å². The molecule has 0 radical (unpaired) electrons. The molecule has 1 aromatic heterocycles. The molecule has 0 spiro atoms. The number of amides is 4. The summed E-state index contributed by atoms with van der Waals surface area (Å²) in [6, 6.07) is 7.04. The van der Waals surface area contributed by atoms with Crippen molar-refractivity contribution in [2.75, 3.05) is 36.5 Å². The Morgan fingerprint density at radius 3 is 2.71 bits per heavy atom. The van der Waals surface area contributed by atoms with Gasteiger partial charge in [0.05, 0.1) is 18.7 Å². The van der Waals surface area contributed by atoms with Crippen LogP contribution < -0.4 is 20.7 Å². The molecule has 0 saturated carbocycles. The SMILES string of the molecule is CCOc1ccc(N2CCN(CC(=O)Nc3nc(CC(N)=O)cs3)C2=O)cc1. The third-order valence-corrected chi connectivity index (χ3v) is 4.85. The van der Waals surface area contributed by atoms with E-state index in [0.29, 0.717) is 30.5 Å². The van der Waals surface area contributed by atoms with E-state index in [0.717, 1.165) is 11.4 Å². The van der Waals surface area contributed by atoms with E-state index in [1.807, 2.05) is 31.2 Å². The Morgan fingerprint density at radius 2 is 2.04 bits per heavy atom. The smallest absolute Gasteiger partial charge is 0.325 e. The number of anilines is 2. The van der Waals surface area contributed by atoms with Crippen LogP contribution in [0.1, 0.15) is 12.6 Å². The molecule has 2 heterocycles. The predicted octanol–water partition coefficient (Wildman–Crippen LogP) is 1.45. The molecule has 1 aromatic carbocycles. The van der Waals surface area contributed by atoms with E-state index in [9.17, 15) is 14.4 Å². The summed E-state index contributed by atoms with van der Waals surface area (Å²) in [5, 5.41) is 4.68. The van der Waals surface area contributed by atoms with Gasteiger partial charge in [0.2, 0.25) is 11.8 Å². The molecule has 1 aliphatic heterocycles. The van der Waals surface area contributed by atoms with Crippen LogP contribution in [0.2, 0.25) is 0 Å². The van der Waals surface area contributed by atoms with Crippen molar-refractivity contribution in [2.45, 2.75) is 13.3 Å². The van der Waals surface area contributed by atoms with Crippen LogP contribution in [0.25, 0.3) is 0 Å². The number of primary amides is 1. The highest BCUT2D eigenvalue weighted by Crippen LogP contribution is 2.23. The summed E-state index contributed by atoms with van der Waals surface area (Å²) >= 11 is 1.20. The van der Waals surface area contributed by atoms with Gasteiger partial charge in [-0.25, -0.2) is 9.78 Å². The number of carbonyl (C=O) groups excluding carboxylic acids is 3. The van der Waals surface area contributed by atoms with Gasteiger partial charge in [-0.15, -0.1) is 11.3 Å². The number of aromatic nitrogens is 1. The quantitative estimate of drug-likeness (QED) is 0.692. The molecule has 3 N–H and O–H groups in total. The molecule has 1 saturated heterocycles. The molecule has 2 aromatic rings. The van der Waals surface area contributed by atoms with Crippen molar-refractivity contribution >= 4 is 40.0 Å². The minimum atomic E-state index is -0.486. The maximum absolute atomic E-state index is 12.6. The van der Waals surface area contributed by atoms with Gasteiger partial charge >= 0.3 is 6.03 Å². The number of benzene rings is 1. The van der Waals surface area contributed by atoms with Gasteiger partial charge in [-0.2, -0.15) is 0 Å². The molecule has 0 atom stereocenters. The van der Waals surface area contributed by atoms with Crippen LogP contribution in [0.3, 0.4) is 0 Å². The van der Waals surface area contributed by atoms with Crippen molar-refractivity contribution < 1.29 is 19.1 Å². The molecular formula is C18H21N5O4S. The third kappa shape index (κ3) is 4.77. The second-order valence-electron chi connectivity index (χ2n) is 6.12. The van der Waals surface area contributed by atoms with E-state index < -0.39 is 5.91 Å². The summed E-state index contributed by atoms with van der Waals surface area (Å²) in [6.07, 6.45) is 0.0219. The molecule has 1 fully saturated rings. The van der Waals surface area contributed by atoms with Gasteiger partial charge in [0, 0.05) is 24.2 Å². The summed E-state index contributed by atoms with van der Waals surface area (Å²) in [7, 11) is 0. The number of hydrogen-bond acceptors (Lipinski definition) is 6. The van der Waals surface area contributed by atoms with Crippen LogP contribution in [0.15, 0.2) is 29.6 Å². The van der Waals surface area contributed by atoms with Gasteiger partial charge in [0.1, 0.15) is 12.3 Å². The fourth-order valence-corrected chi connectivity index (χ4v) is 3.54. The van der Waals surface area contributed by atoms with Crippen molar-refractivity contribution in [3.05, 3.63) is 35.3 Å². The highest BCUT2D eigenvalue weighted by molar-refractivity contribution is 7.13. The zero-order chi connectivity index (χ0) is 20.1. The van der Waals surface area contributed by atoms with Crippen LogP contribution in [0.5, 0.6) is 5.75 Å². The fraction of sp³-hybridized carbons (Fsp3) is 0.333. The summed E-state index contributed by atoms with van der Waals surface area (Å²) < 4.78 is 5.41. The van der Waals surface area contributed by atoms with Crippen molar-refractivity contribution in [1.82, 2.24) is 9.88 Å². The van der Waals surface area contributed by atoms with E-state index in [1.165, 1.54) is 16.2 Å². The minimum absolute atomic E-state index is 0.0219. The normalized spacial score (nSPS) is 13.7. The number of hydrogen-bond donors (Lipinski definition) is 2. The Balaban J connectivity index is 1.55. The minimum Gasteiger partial charge on any atom is -0.494 e. The molecule has 0 bridgehead atoms. The highest BCUT2D eigenvalue weighted by Gasteiger charge is 2.31. The molecule has 4 amide bonds. The average Bonchev–Trinajstić information content (AvgIpc) is 3.22. The van der Waals surface area contributed by atoms with Crippen LogP contribution in [0.4, 0.5) is 15.6 Å².